The van der Waals surface area contributed by atoms with Crippen LogP contribution in [0.25, 0.3) is 21.8 Å². The standard InChI is InChI=1S/C29H33FN4O/c1-20-4-5-22-18-27(31-26(22)17-20)29(35)34-12-2-3-24(34)9-13-32-14-10-25(11-15-32)33-16-8-21-6-7-23(30)19-28(21)33/h4-8,16-19,24-25,31H,2-3,9-15H2,1H3/t24-/m0/s1. The van der Waals surface area contributed by atoms with Gasteiger partial charge in [-0.25, -0.2) is 4.39 Å². The predicted octanol–water partition coefficient (Wildman–Crippen LogP) is 5.90. The van der Waals surface area contributed by atoms with Crippen LogP contribution >= 0.6 is 0 Å². The second-order valence-corrected chi connectivity index (χ2v) is 10.4. The Balaban J connectivity index is 1.06. The molecule has 1 amide bonds. The van der Waals surface area contributed by atoms with Crippen molar-refractivity contribution in [2.45, 2.75) is 51.1 Å². The first-order chi connectivity index (χ1) is 17.0. The molecule has 0 bridgehead atoms. The second-order valence-electron chi connectivity index (χ2n) is 10.4. The zero-order valence-electron chi connectivity index (χ0n) is 20.3. The summed E-state index contributed by atoms with van der Waals surface area (Å²) in [6, 6.07) is 16.1. The summed E-state index contributed by atoms with van der Waals surface area (Å²) >= 11 is 0. The number of benzene rings is 2. The van der Waals surface area contributed by atoms with Gasteiger partial charge in [-0.05, 0) is 86.4 Å². The largest absolute Gasteiger partial charge is 0.351 e. The lowest BCUT2D eigenvalue weighted by Crippen LogP contribution is -2.40. The average Bonchev–Trinajstić information content (AvgIpc) is 3.60. The van der Waals surface area contributed by atoms with Gasteiger partial charge in [-0.2, -0.15) is 0 Å². The summed E-state index contributed by atoms with van der Waals surface area (Å²) in [5.41, 5.74) is 3.92. The van der Waals surface area contributed by atoms with Gasteiger partial charge in [0.25, 0.3) is 5.91 Å². The molecule has 182 valence electrons. The van der Waals surface area contributed by atoms with Gasteiger partial charge in [0.1, 0.15) is 11.5 Å². The highest BCUT2D eigenvalue weighted by atomic mass is 19.1. The molecule has 4 aromatic rings. The number of carbonyl (C=O) groups excluding carboxylic acids is 1. The molecule has 2 aromatic heterocycles. The molecule has 35 heavy (non-hydrogen) atoms. The molecule has 4 heterocycles. The van der Waals surface area contributed by atoms with Gasteiger partial charge in [-0.1, -0.05) is 12.1 Å². The van der Waals surface area contributed by atoms with Crippen molar-refractivity contribution in [3.63, 3.8) is 0 Å². The Morgan fingerprint density at radius 2 is 1.83 bits per heavy atom. The van der Waals surface area contributed by atoms with Crippen LogP contribution in [0.1, 0.15) is 54.2 Å². The number of aromatic amines is 1. The fourth-order valence-electron chi connectivity index (χ4n) is 6.11. The van der Waals surface area contributed by atoms with Crippen LogP contribution in [0.5, 0.6) is 0 Å². The number of rotatable bonds is 5. The minimum Gasteiger partial charge on any atom is -0.351 e. The first-order valence-electron chi connectivity index (χ1n) is 12.9. The molecular weight excluding hydrogens is 439 g/mol. The van der Waals surface area contributed by atoms with E-state index in [1.807, 2.05) is 12.1 Å². The number of carbonyl (C=O) groups is 1. The summed E-state index contributed by atoms with van der Waals surface area (Å²) in [7, 11) is 0. The maximum Gasteiger partial charge on any atom is 0.270 e. The van der Waals surface area contributed by atoms with E-state index in [0.717, 1.165) is 80.1 Å². The van der Waals surface area contributed by atoms with Crippen molar-refractivity contribution in [3.05, 3.63) is 71.8 Å². The van der Waals surface area contributed by atoms with E-state index in [-0.39, 0.29) is 11.7 Å². The molecule has 0 saturated carbocycles. The first-order valence-corrected chi connectivity index (χ1v) is 12.9. The van der Waals surface area contributed by atoms with Gasteiger partial charge < -0.3 is 19.4 Å². The Bertz CT molecular complexity index is 1360. The molecule has 6 rings (SSSR count). The lowest BCUT2D eigenvalue weighted by atomic mass is 10.0. The number of halogens is 1. The third-order valence-electron chi connectivity index (χ3n) is 8.06. The highest BCUT2D eigenvalue weighted by molar-refractivity contribution is 5.98. The number of fused-ring (bicyclic) bond motifs is 2. The fourth-order valence-corrected chi connectivity index (χ4v) is 6.11. The molecule has 2 saturated heterocycles. The smallest absolute Gasteiger partial charge is 0.270 e. The van der Waals surface area contributed by atoms with E-state index >= 15 is 0 Å². The molecule has 0 radical (unpaired) electrons. The van der Waals surface area contributed by atoms with E-state index in [9.17, 15) is 9.18 Å². The Hall–Kier alpha value is -3.12. The normalized spacial score (nSPS) is 19.8. The number of hydrogen-bond donors (Lipinski definition) is 1. The molecule has 2 fully saturated rings. The van der Waals surface area contributed by atoms with Crippen LogP contribution in [0.2, 0.25) is 0 Å². The van der Waals surface area contributed by atoms with E-state index in [4.69, 9.17) is 0 Å². The van der Waals surface area contributed by atoms with Gasteiger partial charge in [0, 0.05) is 55.4 Å². The summed E-state index contributed by atoms with van der Waals surface area (Å²) in [6.07, 6.45) is 7.44. The zero-order valence-corrected chi connectivity index (χ0v) is 20.3. The van der Waals surface area contributed by atoms with Crippen LogP contribution in [0, 0.1) is 12.7 Å². The van der Waals surface area contributed by atoms with Crippen LogP contribution in [0.15, 0.2) is 54.7 Å². The molecule has 0 spiro atoms. The number of amides is 1. The third kappa shape index (κ3) is 4.36. The van der Waals surface area contributed by atoms with Crippen molar-refractivity contribution < 1.29 is 9.18 Å². The zero-order chi connectivity index (χ0) is 23.9. The number of hydrogen-bond acceptors (Lipinski definition) is 2. The summed E-state index contributed by atoms with van der Waals surface area (Å²) in [6.45, 7) is 6.02. The second kappa shape index (κ2) is 9.15. The van der Waals surface area contributed by atoms with E-state index in [1.165, 1.54) is 11.6 Å². The Morgan fingerprint density at radius 3 is 2.69 bits per heavy atom. The molecule has 6 heteroatoms. The molecule has 1 atom stereocenters. The molecule has 0 aliphatic carbocycles. The van der Waals surface area contributed by atoms with Crippen molar-refractivity contribution in [1.29, 1.82) is 0 Å². The lowest BCUT2D eigenvalue weighted by molar-refractivity contribution is 0.0710. The van der Waals surface area contributed by atoms with E-state index < -0.39 is 0 Å². The lowest BCUT2D eigenvalue weighted by Gasteiger charge is -2.34. The minimum atomic E-state index is -0.173. The van der Waals surface area contributed by atoms with Gasteiger partial charge in [-0.3, -0.25) is 4.79 Å². The molecule has 0 unspecified atom stereocenters. The van der Waals surface area contributed by atoms with Crippen molar-refractivity contribution in [2.24, 2.45) is 0 Å². The highest BCUT2D eigenvalue weighted by Crippen LogP contribution is 2.29. The molecule has 5 nitrogen and oxygen atoms in total. The Labute approximate surface area is 205 Å². The molecule has 2 aliphatic rings. The Morgan fingerprint density at radius 1 is 1.00 bits per heavy atom. The predicted molar refractivity (Wildman–Crippen MR) is 138 cm³/mol. The van der Waals surface area contributed by atoms with Crippen molar-refractivity contribution in [2.75, 3.05) is 26.2 Å². The minimum absolute atomic E-state index is 0.131. The van der Waals surface area contributed by atoms with Crippen molar-refractivity contribution >= 4 is 27.7 Å². The highest BCUT2D eigenvalue weighted by Gasteiger charge is 2.31. The molecule has 2 aliphatic heterocycles. The SMILES string of the molecule is Cc1ccc2cc(C(=O)N3CCC[C@H]3CCN3CCC(n4ccc5ccc(F)cc54)CC3)[nH]c2c1. The van der Waals surface area contributed by atoms with Gasteiger partial charge in [0.15, 0.2) is 0 Å². The van der Waals surface area contributed by atoms with Gasteiger partial charge in [0.05, 0.1) is 5.52 Å². The van der Waals surface area contributed by atoms with Crippen LogP contribution < -0.4 is 0 Å². The number of aromatic nitrogens is 2. The van der Waals surface area contributed by atoms with Gasteiger partial charge in [0.2, 0.25) is 0 Å². The molecular formula is C29H33FN4O. The van der Waals surface area contributed by atoms with Crippen LogP contribution in [0.3, 0.4) is 0 Å². The first kappa shape index (κ1) is 22.4. The molecule has 2 aromatic carbocycles. The van der Waals surface area contributed by atoms with Gasteiger partial charge >= 0.3 is 0 Å². The van der Waals surface area contributed by atoms with E-state index in [0.29, 0.717) is 17.8 Å². The van der Waals surface area contributed by atoms with Gasteiger partial charge in [-0.15, -0.1) is 0 Å². The van der Waals surface area contributed by atoms with Crippen molar-refractivity contribution in [1.82, 2.24) is 19.4 Å². The van der Waals surface area contributed by atoms with E-state index in [2.05, 4.69) is 56.7 Å². The van der Waals surface area contributed by atoms with Crippen LogP contribution in [-0.4, -0.2) is 57.5 Å². The number of piperidine rings is 1. The number of aryl methyl sites for hydroxylation is 1. The molecule has 1 N–H and O–H groups in total. The Kier molecular flexibility index (Phi) is 5.85. The number of H-pyrrole nitrogens is 1. The van der Waals surface area contributed by atoms with E-state index in [1.54, 1.807) is 6.07 Å². The fraction of sp³-hybridized carbons (Fsp3) is 0.414. The number of nitrogens with one attached hydrogen (secondary N) is 1. The monoisotopic (exact) mass is 472 g/mol. The summed E-state index contributed by atoms with van der Waals surface area (Å²) < 4.78 is 16.0. The maximum atomic E-state index is 13.8. The van der Waals surface area contributed by atoms with Crippen LogP contribution in [-0.2, 0) is 0 Å². The topological polar surface area (TPSA) is 44.3 Å². The maximum absolute atomic E-state index is 13.8. The third-order valence-corrected chi connectivity index (χ3v) is 8.06. The van der Waals surface area contributed by atoms with Crippen LogP contribution in [0.4, 0.5) is 4.39 Å². The average molecular weight is 473 g/mol. The summed E-state index contributed by atoms with van der Waals surface area (Å²) in [4.78, 5) is 21.3. The number of nitrogens with zero attached hydrogens (tertiary/aromatic N) is 3. The summed E-state index contributed by atoms with van der Waals surface area (Å²) in [5, 5.41) is 2.20. The summed E-state index contributed by atoms with van der Waals surface area (Å²) in [5.74, 6) is -0.0418. The quantitative estimate of drug-likeness (QED) is 0.393. The van der Waals surface area contributed by atoms with Crippen molar-refractivity contribution in [3.8, 4) is 0 Å². The number of likely N-dealkylation sites (tertiary alicyclic amines) is 2.